The summed E-state index contributed by atoms with van der Waals surface area (Å²) in [6.07, 6.45) is 4.08. The third kappa shape index (κ3) is 7.88. The molecule has 0 amide bonds. The van der Waals surface area contributed by atoms with Crippen molar-refractivity contribution in [3.05, 3.63) is 138 Å². The Morgan fingerprint density at radius 3 is 1.73 bits per heavy atom. The molecule has 4 heterocycles. The van der Waals surface area contributed by atoms with Crippen LogP contribution >= 0.6 is 35.6 Å². The second-order valence-corrected chi connectivity index (χ2v) is 13.0. The number of alkyl halides is 1. The summed E-state index contributed by atoms with van der Waals surface area (Å²) in [5, 5.41) is 1.01. The van der Waals surface area contributed by atoms with Crippen LogP contribution in [0.25, 0.3) is 44.6 Å². The average Bonchev–Trinajstić information content (AvgIpc) is 3.88. The molecule has 0 aliphatic heterocycles. The second-order valence-electron chi connectivity index (χ2n) is 11.4. The molecule has 4 aromatic carbocycles. The van der Waals surface area contributed by atoms with E-state index in [1.165, 1.54) is 0 Å². The van der Waals surface area contributed by atoms with Crippen LogP contribution in [0.2, 0.25) is 0 Å². The Morgan fingerprint density at radius 1 is 0.633 bits per heavy atom. The molecule has 11 heteroatoms. The monoisotopic (exact) mass is 704 g/mol. The molecule has 0 radical (unpaired) electrons. The summed E-state index contributed by atoms with van der Waals surface area (Å²) in [4.78, 5) is 17.0. The summed E-state index contributed by atoms with van der Waals surface area (Å²) >= 11 is 12.5. The fraction of sp³-hybridized carbons (Fsp3) is 0.158. The number of nitrogens with one attached hydrogen (secondary N) is 1. The van der Waals surface area contributed by atoms with Gasteiger partial charge in [0.05, 0.1) is 45.1 Å². The van der Waals surface area contributed by atoms with E-state index in [0.29, 0.717) is 5.88 Å². The predicted octanol–water partition coefficient (Wildman–Crippen LogP) is 9.33. The van der Waals surface area contributed by atoms with Gasteiger partial charge in [0, 0.05) is 51.7 Å². The molecule has 0 fully saturated rings. The van der Waals surface area contributed by atoms with Crippen LogP contribution in [0, 0.1) is 4.77 Å². The van der Waals surface area contributed by atoms with Crippen LogP contribution in [0.3, 0.4) is 0 Å². The number of thioether (sulfide) groups is 1. The number of imidazole rings is 4. The molecule has 1 N–H and O–H groups in total. The topological polar surface area (TPSA) is 74.2 Å². The lowest BCUT2D eigenvalue weighted by atomic mass is 10.2. The van der Waals surface area contributed by atoms with Gasteiger partial charge in [0.1, 0.15) is 11.6 Å². The van der Waals surface area contributed by atoms with Gasteiger partial charge in [-0.3, -0.25) is 0 Å². The van der Waals surface area contributed by atoms with E-state index < -0.39 is 0 Å². The molecular formula is C38H37ClN8S2. The van der Waals surface area contributed by atoms with Gasteiger partial charge in [-0.15, -0.1) is 11.6 Å². The van der Waals surface area contributed by atoms with E-state index in [0.717, 1.165) is 71.9 Å². The van der Waals surface area contributed by atoms with Crippen LogP contribution in [-0.4, -0.2) is 38.2 Å². The number of aryl methyl sites for hydroxylation is 4. The molecule has 0 atom stereocenters. The summed E-state index contributed by atoms with van der Waals surface area (Å²) in [7, 11) is 8.02. The third-order valence-corrected chi connectivity index (χ3v) is 9.73. The maximum atomic E-state index is 5.75. The first-order valence-electron chi connectivity index (χ1n) is 15.7. The van der Waals surface area contributed by atoms with Crippen molar-refractivity contribution >= 4 is 57.6 Å². The molecule has 0 bridgehead atoms. The SMILES string of the molecule is Cn1c(=S)[nH]c2ccccc21.Cn1cc(-c2ccccc2)nc1CCl.Cn1cc(-c2ccccc2)nc1CSc1nc2ccccc2n1C. The normalized spacial score (nSPS) is 10.9. The number of aromatic nitrogens is 8. The highest BCUT2D eigenvalue weighted by molar-refractivity contribution is 7.98. The number of halogens is 1. The predicted molar refractivity (Wildman–Crippen MR) is 205 cm³/mol. The molecule has 0 saturated carbocycles. The van der Waals surface area contributed by atoms with Crippen LogP contribution in [0.5, 0.6) is 0 Å². The van der Waals surface area contributed by atoms with Gasteiger partial charge in [-0.1, -0.05) is 96.7 Å². The fourth-order valence-electron chi connectivity index (χ4n) is 5.33. The van der Waals surface area contributed by atoms with Crippen LogP contribution in [0.1, 0.15) is 11.6 Å². The van der Waals surface area contributed by atoms with Crippen LogP contribution in [0.4, 0.5) is 0 Å². The number of para-hydroxylation sites is 4. The standard InChI is InChI=1S/C19H18N4S.C11H11ClN2.C8H8N2S/c1-22-12-16(14-8-4-3-5-9-14)20-18(22)13-24-19-21-15-10-6-7-11-17(15)23(19)2;1-14-8-10(13-11(14)7-12)9-5-3-2-4-6-9;1-10-7-5-3-2-4-6(7)9-8(10)11/h3-12H,13H2,1-2H3;2-6,8H,7H2,1H3;2-5H,1H3,(H,9,11). The van der Waals surface area contributed by atoms with Gasteiger partial charge in [-0.2, -0.15) is 0 Å². The third-order valence-electron chi connectivity index (χ3n) is 8.09. The summed E-state index contributed by atoms with van der Waals surface area (Å²) in [6.45, 7) is 0. The number of hydrogen-bond donors (Lipinski definition) is 1. The zero-order chi connectivity index (χ0) is 34.3. The van der Waals surface area contributed by atoms with E-state index in [1.54, 1.807) is 11.8 Å². The fourth-order valence-corrected chi connectivity index (χ4v) is 6.76. The van der Waals surface area contributed by atoms with Crippen molar-refractivity contribution in [2.45, 2.75) is 16.8 Å². The van der Waals surface area contributed by atoms with E-state index in [9.17, 15) is 0 Å². The minimum Gasteiger partial charge on any atom is -0.337 e. The zero-order valence-electron chi connectivity index (χ0n) is 27.8. The lowest BCUT2D eigenvalue weighted by Gasteiger charge is -2.02. The van der Waals surface area contributed by atoms with Gasteiger partial charge < -0.3 is 23.3 Å². The maximum absolute atomic E-state index is 5.75. The highest BCUT2D eigenvalue weighted by atomic mass is 35.5. The molecule has 0 aliphatic carbocycles. The van der Waals surface area contributed by atoms with Crippen molar-refractivity contribution < 1.29 is 0 Å². The first-order valence-corrected chi connectivity index (χ1v) is 17.6. The minimum absolute atomic E-state index is 0.448. The van der Waals surface area contributed by atoms with Gasteiger partial charge in [0.2, 0.25) is 0 Å². The zero-order valence-corrected chi connectivity index (χ0v) is 30.2. The number of hydrogen-bond acceptors (Lipinski definition) is 5. The van der Waals surface area contributed by atoms with Crippen LogP contribution in [0.15, 0.2) is 127 Å². The number of aromatic amines is 1. The number of fused-ring (bicyclic) bond motifs is 2. The van der Waals surface area contributed by atoms with Gasteiger partial charge in [-0.05, 0) is 36.5 Å². The first-order chi connectivity index (χ1) is 23.8. The molecule has 49 heavy (non-hydrogen) atoms. The Labute approximate surface area is 300 Å². The lowest BCUT2D eigenvalue weighted by molar-refractivity contribution is 0.808. The number of nitrogens with zero attached hydrogens (tertiary/aromatic N) is 7. The van der Waals surface area contributed by atoms with E-state index in [4.69, 9.17) is 33.8 Å². The molecule has 8 aromatic rings. The molecule has 0 aliphatic rings. The van der Waals surface area contributed by atoms with Gasteiger partial charge in [0.15, 0.2) is 9.93 Å². The van der Waals surface area contributed by atoms with Crippen LogP contribution in [-0.2, 0) is 39.8 Å². The molecule has 0 spiro atoms. The molecular weight excluding hydrogens is 668 g/mol. The van der Waals surface area contributed by atoms with Gasteiger partial charge in [-0.25, -0.2) is 15.0 Å². The quantitative estimate of drug-likeness (QED) is 0.106. The van der Waals surface area contributed by atoms with E-state index >= 15 is 0 Å². The Balaban J connectivity index is 0.000000141. The highest BCUT2D eigenvalue weighted by Gasteiger charge is 2.12. The Kier molecular flexibility index (Phi) is 10.8. The molecule has 8 nitrogen and oxygen atoms in total. The van der Waals surface area contributed by atoms with E-state index in [-0.39, 0.29) is 0 Å². The van der Waals surface area contributed by atoms with Crippen molar-refractivity contribution in [2.24, 2.45) is 28.2 Å². The van der Waals surface area contributed by atoms with Gasteiger partial charge >= 0.3 is 0 Å². The van der Waals surface area contributed by atoms with Crippen molar-refractivity contribution in [1.82, 2.24) is 38.2 Å². The summed E-state index contributed by atoms with van der Waals surface area (Å²) in [5.41, 5.74) is 8.70. The minimum atomic E-state index is 0.448. The maximum Gasteiger partial charge on any atom is 0.177 e. The number of H-pyrrole nitrogens is 1. The molecule has 248 valence electrons. The lowest BCUT2D eigenvalue weighted by Crippen LogP contribution is -1.96. The van der Waals surface area contributed by atoms with Crippen molar-refractivity contribution in [3.8, 4) is 22.5 Å². The summed E-state index contributed by atoms with van der Waals surface area (Å²) in [6, 6.07) is 36.6. The second kappa shape index (κ2) is 15.5. The molecule has 0 saturated heterocycles. The van der Waals surface area contributed by atoms with E-state index in [1.807, 2.05) is 127 Å². The average molecular weight is 705 g/mol. The highest BCUT2D eigenvalue weighted by Crippen LogP contribution is 2.27. The molecule has 0 unspecified atom stereocenters. The Bertz CT molecular complexity index is 2350. The summed E-state index contributed by atoms with van der Waals surface area (Å²) < 4.78 is 8.92. The molecule has 4 aromatic heterocycles. The number of benzene rings is 4. The Morgan fingerprint density at radius 2 is 1.16 bits per heavy atom. The van der Waals surface area contributed by atoms with Crippen molar-refractivity contribution in [2.75, 3.05) is 0 Å². The van der Waals surface area contributed by atoms with Crippen molar-refractivity contribution in [3.63, 3.8) is 0 Å². The first kappa shape index (κ1) is 34.0. The van der Waals surface area contributed by atoms with E-state index in [2.05, 4.69) is 50.5 Å². The van der Waals surface area contributed by atoms with Crippen molar-refractivity contribution in [1.29, 1.82) is 0 Å². The number of rotatable bonds is 6. The smallest absolute Gasteiger partial charge is 0.177 e. The summed E-state index contributed by atoms with van der Waals surface area (Å²) in [5.74, 6) is 3.18. The Hall–Kier alpha value is -4.90. The molecule has 8 rings (SSSR count). The van der Waals surface area contributed by atoms with Crippen LogP contribution < -0.4 is 0 Å². The van der Waals surface area contributed by atoms with Gasteiger partial charge in [0.25, 0.3) is 0 Å². The largest absolute Gasteiger partial charge is 0.337 e.